The smallest absolute Gasteiger partial charge is 0.326 e. The summed E-state index contributed by atoms with van der Waals surface area (Å²) in [5.41, 5.74) is -0.393. The van der Waals surface area contributed by atoms with Gasteiger partial charge < -0.3 is 20.6 Å². The Bertz CT molecular complexity index is 362. The predicted molar refractivity (Wildman–Crippen MR) is 70.8 cm³/mol. The SMILES string of the molecule is CC(NC(=O)N(C)C(C)C(=O)O)C(=O)NC(C)(C)C. The molecular weight excluding hydrogens is 250 g/mol. The zero-order valence-corrected chi connectivity index (χ0v) is 12.3. The summed E-state index contributed by atoms with van der Waals surface area (Å²) in [6.45, 7) is 8.42. The van der Waals surface area contributed by atoms with E-state index in [0.717, 1.165) is 4.90 Å². The molecule has 0 radical (unpaired) electrons. The summed E-state index contributed by atoms with van der Waals surface area (Å²) in [7, 11) is 1.36. The van der Waals surface area contributed by atoms with Gasteiger partial charge in [-0.3, -0.25) is 4.79 Å². The average molecular weight is 273 g/mol. The molecule has 0 fully saturated rings. The normalized spacial score (nSPS) is 14.2. The number of nitrogens with zero attached hydrogens (tertiary/aromatic N) is 1. The average Bonchev–Trinajstić information content (AvgIpc) is 2.24. The Hall–Kier alpha value is -1.79. The van der Waals surface area contributed by atoms with E-state index in [0.29, 0.717) is 0 Å². The number of nitrogens with one attached hydrogen (secondary N) is 2. The lowest BCUT2D eigenvalue weighted by Crippen LogP contribution is -2.54. The van der Waals surface area contributed by atoms with E-state index in [1.165, 1.54) is 20.9 Å². The van der Waals surface area contributed by atoms with E-state index in [1.54, 1.807) is 0 Å². The highest BCUT2D eigenvalue weighted by Gasteiger charge is 2.25. The molecule has 0 saturated heterocycles. The van der Waals surface area contributed by atoms with Crippen molar-refractivity contribution in [3.05, 3.63) is 0 Å². The standard InChI is InChI=1S/C12H23N3O4/c1-7(9(16)14-12(3,4)5)13-11(19)15(6)8(2)10(17)18/h7-8H,1-6H3,(H,13,19)(H,14,16)(H,17,18). The molecule has 7 nitrogen and oxygen atoms in total. The summed E-state index contributed by atoms with van der Waals surface area (Å²) < 4.78 is 0. The van der Waals surface area contributed by atoms with Crippen LogP contribution in [0.3, 0.4) is 0 Å². The van der Waals surface area contributed by atoms with Crippen LogP contribution >= 0.6 is 0 Å². The van der Waals surface area contributed by atoms with Crippen molar-refractivity contribution in [2.45, 2.75) is 52.2 Å². The van der Waals surface area contributed by atoms with Crippen molar-refractivity contribution in [1.29, 1.82) is 0 Å². The number of carbonyl (C=O) groups excluding carboxylic acids is 2. The number of carboxylic acids is 1. The molecule has 0 rings (SSSR count). The molecule has 0 bridgehead atoms. The maximum atomic E-state index is 11.8. The number of carboxylic acid groups (broad SMARTS) is 1. The van der Waals surface area contributed by atoms with Gasteiger partial charge in [0, 0.05) is 12.6 Å². The van der Waals surface area contributed by atoms with Crippen LogP contribution < -0.4 is 10.6 Å². The number of carbonyl (C=O) groups is 3. The van der Waals surface area contributed by atoms with Gasteiger partial charge in [0.1, 0.15) is 12.1 Å². The number of urea groups is 1. The molecule has 0 aromatic heterocycles. The summed E-state index contributed by atoms with van der Waals surface area (Å²) in [4.78, 5) is 35.3. The predicted octanol–water partition coefficient (Wildman–Crippen LogP) is 0.404. The van der Waals surface area contributed by atoms with E-state index in [4.69, 9.17) is 5.11 Å². The highest BCUT2D eigenvalue weighted by molar-refractivity contribution is 5.88. The van der Waals surface area contributed by atoms with Crippen molar-refractivity contribution < 1.29 is 19.5 Å². The number of hydrogen-bond donors (Lipinski definition) is 3. The first-order valence-electron chi connectivity index (χ1n) is 6.04. The molecule has 2 unspecified atom stereocenters. The summed E-state index contributed by atoms with van der Waals surface area (Å²) in [6.07, 6.45) is 0. The van der Waals surface area contributed by atoms with Gasteiger partial charge in [-0.05, 0) is 34.6 Å². The van der Waals surface area contributed by atoms with Crippen molar-refractivity contribution in [2.75, 3.05) is 7.05 Å². The lowest BCUT2D eigenvalue weighted by Gasteiger charge is -2.26. The van der Waals surface area contributed by atoms with Gasteiger partial charge in [0.05, 0.1) is 0 Å². The van der Waals surface area contributed by atoms with Crippen molar-refractivity contribution in [2.24, 2.45) is 0 Å². The van der Waals surface area contributed by atoms with Crippen molar-refractivity contribution in [1.82, 2.24) is 15.5 Å². The van der Waals surface area contributed by atoms with Crippen molar-refractivity contribution in [3.63, 3.8) is 0 Å². The Morgan fingerprint density at radius 3 is 2.00 bits per heavy atom. The quantitative estimate of drug-likeness (QED) is 0.690. The van der Waals surface area contributed by atoms with E-state index in [1.807, 2.05) is 20.8 Å². The molecule has 19 heavy (non-hydrogen) atoms. The molecule has 2 atom stereocenters. The zero-order valence-electron chi connectivity index (χ0n) is 12.3. The second-order valence-electron chi connectivity index (χ2n) is 5.54. The summed E-state index contributed by atoms with van der Waals surface area (Å²) in [5.74, 6) is -1.43. The molecule has 0 aliphatic carbocycles. The number of likely N-dealkylation sites (N-methyl/N-ethyl adjacent to an activating group) is 1. The van der Waals surface area contributed by atoms with Crippen molar-refractivity contribution in [3.8, 4) is 0 Å². The number of amides is 3. The van der Waals surface area contributed by atoms with Gasteiger partial charge >= 0.3 is 12.0 Å². The lowest BCUT2D eigenvalue weighted by molar-refractivity contribution is -0.141. The molecule has 0 aromatic rings. The third-order valence-corrected chi connectivity index (χ3v) is 2.49. The van der Waals surface area contributed by atoms with E-state index in [2.05, 4.69) is 10.6 Å². The van der Waals surface area contributed by atoms with Crippen LogP contribution in [-0.4, -0.2) is 52.6 Å². The van der Waals surface area contributed by atoms with Gasteiger partial charge in [-0.15, -0.1) is 0 Å². The largest absolute Gasteiger partial charge is 0.480 e. The molecule has 0 aromatic carbocycles. The fourth-order valence-corrected chi connectivity index (χ4v) is 1.17. The second kappa shape index (κ2) is 6.40. The third kappa shape index (κ3) is 6.08. The van der Waals surface area contributed by atoms with Crippen LogP contribution in [0.15, 0.2) is 0 Å². The van der Waals surface area contributed by atoms with Crippen LogP contribution in [0.1, 0.15) is 34.6 Å². The molecule has 0 aliphatic heterocycles. The molecule has 110 valence electrons. The Kier molecular flexibility index (Phi) is 5.80. The minimum Gasteiger partial charge on any atom is -0.480 e. The summed E-state index contributed by atoms with van der Waals surface area (Å²) in [6, 6.07) is -2.31. The van der Waals surface area contributed by atoms with Gasteiger partial charge in [0.2, 0.25) is 5.91 Å². The Morgan fingerprint density at radius 1 is 1.16 bits per heavy atom. The molecule has 0 aliphatic rings. The van der Waals surface area contributed by atoms with Crippen LogP contribution in [0.5, 0.6) is 0 Å². The van der Waals surface area contributed by atoms with Crippen LogP contribution in [0.25, 0.3) is 0 Å². The first kappa shape index (κ1) is 17.2. The molecule has 3 N–H and O–H groups in total. The minimum atomic E-state index is -1.11. The van der Waals surface area contributed by atoms with Crippen LogP contribution in [0, 0.1) is 0 Å². The number of rotatable bonds is 4. The van der Waals surface area contributed by atoms with E-state index >= 15 is 0 Å². The molecule has 7 heteroatoms. The lowest BCUT2D eigenvalue weighted by atomic mass is 10.1. The fraction of sp³-hybridized carbons (Fsp3) is 0.750. The van der Waals surface area contributed by atoms with Gasteiger partial charge in [0.15, 0.2) is 0 Å². The first-order chi connectivity index (χ1) is 8.45. The van der Waals surface area contributed by atoms with E-state index in [-0.39, 0.29) is 5.91 Å². The van der Waals surface area contributed by atoms with E-state index in [9.17, 15) is 14.4 Å². The summed E-state index contributed by atoms with van der Waals surface area (Å²) in [5, 5.41) is 14.0. The number of aliphatic carboxylic acids is 1. The Balaban J connectivity index is 4.48. The topological polar surface area (TPSA) is 98.7 Å². The van der Waals surface area contributed by atoms with Gasteiger partial charge in [-0.1, -0.05) is 0 Å². The van der Waals surface area contributed by atoms with Gasteiger partial charge in [-0.25, -0.2) is 9.59 Å². The minimum absolute atomic E-state index is 0.322. The zero-order chi connectivity index (χ0) is 15.4. The monoisotopic (exact) mass is 273 g/mol. The van der Waals surface area contributed by atoms with Crippen LogP contribution in [0.4, 0.5) is 4.79 Å². The first-order valence-corrected chi connectivity index (χ1v) is 6.04. The van der Waals surface area contributed by atoms with Crippen molar-refractivity contribution >= 4 is 17.9 Å². The van der Waals surface area contributed by atoms with Gasteiger partial charge in [-0.2, -0.15) is 0 Å². The molecular formula is C12H23N3O4. The van der Waals surface area contributed by atoms with Gasteiger partial charge in [0.25, 0.3) is 0 Å². The Labute approximate surface area is 113 Å². The second-order valence-corrected chi connectivity index (χ2v) is 5.54. The molecule has 0 heterocycles. The highest BCUT2D eigenvalue weighted by atomic mass is 16.4. The van der Waals surface area contributed by atoms with Crippen LogP contribution in [-0.2, 0) is 9.59 Å². The molecule has 0 spiro atoms. The maximum absolute atomic E-state index is 11.8. The number of hydrogen-bond acceptors (Lipinski definition) is 3. The highest BCUT2D eigenvalue weighted by Crippen LogP contribution is 2.01. The fourth-order valence-electron chi connectivity index (χ4n) is 1.17. The maximum Gasteiger partial charge on any atom is 0.326 e. The molecule has 0 saturated carbocycles. The summed E-state index contributed by atoms with van der Waals surface area (Å²) >= 11 is 0. The van der Waals surface area contributed by atoms with Crippen LogP contribution in [0.2, 0.25) is 0 Å². The van der Waals surface area contributed by atoms with E-state index < -0.39 is 29.6 Å². The Morgan fingerprint density at radius 2 is 1.63 bits per heavy atom. The third-order valence-electron chi connectivity index (χ3n) is 2.49. The molecule has 3 amide bonds.